The lowest BCUT2D eigenvalue weighted by molar-refractivity contribution is 0.599. The zero-order valence-electron chi connectivity index (χ0n) is 17.5. The smallest absolute Gasteiger partial charge is 0.261 e. The van der Waals surface area contributed by atoms with Crippen molar-refractivity contribution >= 4 is 49.6 Å². The number of hydrogen-bond donors (Lipinski definition) is 2. The molecule has 0 spiro atoms. The lowest BCUT2D eigenvalue weighted by Gasteiger charge is -2.16. The second-order valence-corrected chi connectivity index (χ2v) is 9.43. The Labute approximate surface area is 185 Å². The average molecular weight is 467 g/mol. The van der Waals surface area contributed by atoms with Crippen LogP contribution >= 0.6 is 11.6 Å². The maximum Gasteiger partial charge on any atom is 0.261 e. The van der Waals surface area contributed by atoms with Gasteiger partial charge in [0, 0.05) is 12.2 Å². The van der Waals surface area contributed by atoms with Gasteiger partial charge in [-0.05, 0) is 49.6 Å². The van der Waals surface area contributed by atoms with E-state index in [1.807, 2.05) is 6.92 Å². The zero-order chi connectivity index (χ0) is 22.8. The first-order valence-corrected chi connectivity index (χ1v) is 12.0. The summed E-state index contributed by atoms with van der Waals surface area (Å²) in [5.74, 6) is -0.734. The highest BCUT2D eigenvalue weighted by atomic mass is 35.5. The first-order chi connectivity index (χ1) is 14.7. The van der Waals surface area contributed by atoms with Gasteiger partial charge in [0.25, 0.3) is 5.56 Å². The molecule has 0 unspecified atom stereocenters. The van der Waals surface area contributed by atoms with Gasteiger partial charge in [-0.15, -0.1) is 0 Å². The Balaban J connectivity index is 2.06. The van der Waals surface area contributed by atoms with Gasteiger partial charge in [0.2, 0.25) is 10.0 Å². The number of sulfonamides is 1. The van der Waals surface area contributed by atoms with E-state index in [4.69, 9.17) is 11.6 Å². The molecule has 2 N–H and O–H groups in total. The summed E-state index contributed by atoms with van der Waals surface area (Å²) in [4.78, 5) is 17.2. The highest BCUT2D eigenvalue weighted by molar-refractivity contribution is 7.92. The minimum atomic E-state index is -3.60. The van der Waals surface area contributed by atoms with Gasteiger partial charge in [-0.2, -0.15) is 0 Å². The SMILES string of the molecule is CCCn1cnc2ccc(Nc3c(F)ccc(NS(=O)(=O)CCC)c3Cl)c(C)c2c1=O. The van der Waals surface area contributed by atoms with Crippen LogP contribution in [0, 0.1) is 12.7 Å². The van der Waals surface area contributed by atoms with Gasteiger partial charge in [-0.25, -0.2) is 17.8 Å². The van der Waals surface area contributed by atoms with Gasteiger partial charge in [-0.1, -0.05) is 25.4 Å². The van der Waals surface area contributed by atoms with Gasteiger partial charge in [0.15, 0.2) is 0 Å². The Morgan fingerprint density at radius 3 is 2.52 bits per heavy atom. The Morgan fingerprint density at radius 1 is 1.13 bits per heavy atom. The highest BCUT2D eigenvalue weighted by Crippen LogP contribution is 2.36. The first-order valence-electron chi connectivity index (χ1n) is 9.92. The quantitative estimate of drug-likeness (QED) is 0.497. The van der Waals surface area contributed by atoms with Crippen molar-refractivity contribution < 1.29 is 12.8 Å². The lowest BCUT2D eigenvalue weighted by atomic mass is 10.1. The van der Waals surface area contributed by atoms with Crippen molar-refractivity contribution in [3.05, 3.63) is 57.3 Å². The molecule has 0 aliphatic heterocycles. The van der Waals surface area contributed by atoms with Crippen LogP contribution in [0.5, 0.6) is 0 Å². The number of halogens is 2. The number of benzene rings is 2. The third-order valence-electron chi connectivity index (χ3n) is 4.81. The van der Waals surface area contributed by atoms with Crippen molar-refractivity contribution in [2.45, 2.75) is 40.2 Å². The third-order valence-corrected chi connectivity index (χ3v) is 6.68. The van der Waals surface area contributed by atoms with Crippen LogP contribution in [-0.4, -0.2) is 23.7 Å². The van der Waals surface area contributed by atoms with Crippen LogP contribution in [0.1, 0.15) is 32.3 Å². The van der Waals surface area contributed by atoms with Gasteiger partial charge in [-0.3, -0.25) is 14.1 Å². The van der Waals surface area contributed by atoms with E-state index in [-0.39, 0.29) is 27.7 Å². The molecule has 31 heavy (non-hydrogen) atoms. The Hall–Kier alpha value is -2.65. The van der Waals surface area contributed by atoms with E-state index >= 15 is 0 Å². The fourth-order valence-electron chi connectivity index (χ4n) is 3.31. The molecule has 1 heterocycles. The molecule has 0 aliphatic carbocycles. The van der Waals surface area contributed by atoms with Crippen LogP contribution in [0.3, 0.4) is 0 Å². The third kappa shape index (κ3) is 4.83. The molecule has 3 rings (SSSR count). The minimum Gasteiger partial charge on any atom is -0.352 e. The van der Waals surface area contributed by atoms with E-state index < -0.39 is 15.8 Å². The second-order valence-electron chi connectivity index (χ2n) is 7.21. The zero-order valence-corrected chi connectivity index (χ0v) is 19.1. The predicted octanol–water partition coefficient (Wildman–Crippen LogP) is 4.80. The molecule has 166 valence electrons. The second kappa shape index (κ2) is 9.23. The highest BCUT2D eigenvalue weighted by Gasteiger charge is 2.18. The summed E-state index contributed by atoms with van der Waals surface area (Å²) in [6, 6.07) is 5.75. The van der Waals surface area contributed by atoms with E-state index in [0.29, 0.717) is 35.1 Å². The monoisotopic (exact) mass is 466 g/mol. The maximum atomic E-state index is 14.6. The summed E-state index contributed by atoms with van der Waals surface area (Å²) < 4.78 is 42.7. The van der Waals surface area contributed by atoms with Gasteiger partial charge < -0.3 is 5.32 Å². The molecule has 7 nitrogen and oxygen atoms in total. The fraction of sp³-hybridized carbons (Fsp3) is 0.333. The Morgan fingerprint density at radius 2 is 1.84 bits per heavy atom. The van der Waals surface area contributed by atoms with Crippen LogP contribution in [0.4, 0.5) is 21.5 Å². The summed E-state index contributed by atoms with van der Waals surface area (Å²) in [5.41, 5.74) is 1.40. The topological polar surface area (TPSA) is 93.1 Å². The predicted molar refractivity (Wildman–Crippen MR) is 123 cm³/mol. The van der Waals surface area contributed by atoms with E-state index in [0.717, 1.165) is 12.5 Å². The molecule has 1 aromatic heterocycles. The number of hydrogen-bond acceptors (Lipinski definition) is 5. The van der Waals surface area contributed by atoms with Crippen molar-refractivity contribution in [3.8, 4) is 0 Å². The maximum absolute atomic E-state index is 14.6. The van der Waals surface area contributed by atoms with Crippen molar-refractivity contribution in [1.29, 1.82) is 0 Å². The average Bonchev–Trinajstić information content (AvgIpc) is 2.71. The van der Waals surface area contributed by atoms with Crippen molar-refractivity contribution in [2.75, 3.05) is 15.8 Å². The summed E-state index contributed by atoms with van der Waals surface area (Å²) in [6.07, 6.45) is 2.73. The van der Waals surface area contributed by atoms with Crippen LogP contribution in [-0.2, 0) is 16.6 Å². The van der Waals surface area contributed by atoms with Crippen LogP contribution in [0.25, 0.3) is 10.9 Å². The summed E-state index contributed by atoms with van der Waals surface area (Å²) in [7, 11) is -3.60. The molecule has 2 aromatic carbocycles. The molecule has 0 fully saturated rings. The molecule has 0 radical (unpaired) electrons. The van der Waals surface area contributed by atoms with E-state index in [1.54, 1.807) is 26.0 Å². The molecule has 10 heteroatoms. The molecule has 0 aliphatic rings. The van der Waals surface area contributed by atoms with Crippen LogP contribution < -0.4 is 15.6 Å². The number of nitrogens with zero attached hydrogens (tertiary/aromatic N) is 2. The first kappa shape index (κ1) is 23.0. The Bertz CT molecular complexity index is 1290. The van der Waals surface area contributed by atoms with Gasteiger partial charge in [0.1, 0.15) is 5.82 Å². The molecular weight excluding hydrogens is 443 g/mol. The van der Waals surface area contributed by atoms with E-state index in [1.165, 1.54) is 17.0 Å². The standard InChI is InChI=1S/C21H24ClFN4O3S/c1-4-10-27-12-24-16-9-8-15(13(3)18(16)21(27)28)25-20-14(23)6-7-17(19(20)22)26-31(29,30)11-5-2/h6-9,12,25-26H,4-5,10-11H2,1-3H3. The number of fused-ring (bicyclic) bond motifs is 1. The van der Waals surface area contributed by atoms with E-state index in [2.05, 4.69) is 15.0 Å². The van der Waals surface area contributed by atoms with Crippen molar-refractivity contribution in [2.24, 2.45) is 0 Å². The van der Waals surface area contributed by atoms with Crippen molar-refractivity contribution in [1.82, 2.24) is 9.55 Å². The summed E-state index contributed by atoms with van der Waals surface area (Å²) in [5, 5.41) is 3.25. The van der Waals surface area contributed by atoms with Crippen molar-refractivity contribution in [3.63, 3.8) is 0 Å². The molecule has 3 aromatic rings. The number of rotatable bonds is 8. The number of nitrogens with one attached hydrogen (secondary N) is 2. The molecule has 0 amide bonds. The summed E-state index contributed by atoms with van der Waals surface area (Å²) >= 11 is 6.33. The van der Waals surface area contributed by atoms with E-state index in [9.17, 15) is 17.6 Å². The van der Waals surface area contributed by atoms with Crippen LogP contribution in [0.2, 0.25) is 5.02 Å². The molecule has 0 bridgehead atoms. The van der Waals surface area contributed by atoms with Gasteiger partial charge in [0.05, 0.1) is 39.4 Å². The number of anilines is 3. The molecule has 0 saturated carbocycles. The van der Waals surface area contributed by atoms with Gasteiger partial charge >= 0.3 is 0 Å². The summed E-state index contributed by atoms with van der Waals surface area (Å²) in [6.45, 7) is 5.99. The fourth-order valence-corrected chi connectivity index (χ4v) is 4.75. The minimum absolute atomic E-state index is 0.0735. The molecule has 0 saturated heterocycles. The molecule has 0 atom stereocenters. The Kier molecular flexibility index (Phi) is 6.86. The number of aryl methyl sites for hydroxylation is 2. The van der Waals surface area contributed by atoms with Crippen LogP contribution in [0.15, 0.2) is 35.4 Å². The normalized spacial score (nSPS) is 11.6. The number of aromatic nitrogens is 2. The lowest BCUT2D eigenvalue weighted by Crippen LogP contribution is -2.21. The molecular formula is C21H24ClFN4O3S. The largest absolute Gasteiger partial charge is 0.352 e.